The molecular formula is C16H18BrN3. The zero-order valence-corrected chi connectivity index (χ0v) is 12.9. The molecule has 0 bridgehead atoms. The first-order valence-corrected chi connectivity index (χ1v) is 7.79. The minimum atomic E-state index is 0.517. The molecule has 0 atom stereocenters. The molecule has 20 heavy (non-hydrogen) atoms. The molecule has 2 aromatic rings. The molecule has 3 nitrogen and oxygen atoms in total. The predicted octanol–water partition coefficient (Wildman–Crippen LogP) is 3.93. The summed E-state index contributed by atoms with van der Waals surface area (Å²) in [6, 6.07) is 15.2. The van der Waals surface area contributed by atoms with Crippen molar-refractivity contribution < 1.29 is 0 Å². The SMILES string of the molecule is Brc1ccc(NC2CCN(c3ccccc3)CC2)nc1. The number of hydrogen-bond donors (Lipinski definition) is 1. The van der Waals surface area contributed by atoms with Crippen LogP contribution in [0.4, 0.5) is 11.5 Å². The molecule has 3 rings (SSSR count). The molecule has 1 fully saturated rings. The third kappa shape index (κ3) is 3.31. The van der Waals surface area contributed by atoms with Gasteiger partial charge in [0, 0.05) is 35.5 Å². The van der Waals surface area contributed by atoms with E-state index in [0.29, 0.717) is 6.04 Å². The number of nitrogens with one attached hydrogen (secondary N) is 1. The van der Waals surface area contributed by atoms with Crippen molar-refractivity contribution in [3.05, 3.63) is 53.1 Å². The van der Waals surface area contributed by atoms with Crippen molar-refractivity contribution in [2.24, 2.45) is 0 Å². The zero-order valence-electron chi connectivity index (χ0n) is 11.3. The Hall–Kier alpha value is -1.55. The molecule has 0 radical (unpaired) electrons. The monoisotopic (exact) mass is 331 g/mol. The standard InChI is InChI=1S/C16H18BrN3/c17-13-6-7-16(18-12-13)19-14-8-10-20(11-9-14)15-4-2-1-3-5-15/h1-7,12,14H,8-11H2,(H,18,19). The highest BCUT2D eigenvalue weighted by atomic mass is 79.9. The van der Waals surface area contributed by atoms with Crippen LogP contribution >= 0.6 is 15.9 Å². The molecule has 0 saturated carbocycles. The van der Waals surface area contributed by atoms with Gasteiger partial charge in [0.1, 0.15) is 5.82 Å². The minimum absolute atomic E-state index is 0.517. The second-order valence-corrected chi connectivity index (χ2v) is 6.02. The Labute approximate surface area is 128 Å². The van der Waals surface area contributed by atoms with Gasteiger partial charge >= 0.3 is 0 Å². The van der Waals surface area contributed by atoms with E-state index in [1.54, 1.807) is 0 Å². The van der Waals surface area contributed by atoms with Gasteiger partial charge in [0.05, 0.1) is 0 Å². The molecule has 104 valence electrons. The first-order valence-electron chi connectivity index (χ1n) is 6.99. The van der Waals surface area contributed by atoms with Crippen molar-refractivity contribution >= 4 is 27.4 Å². The van der Waals surface area contributed by atoms with Crippen LogP contribution in [0.15, 0.2) is 53.1 Å². The van der Waals surface area contributed by atoms with Crippen LogP contribution in [-0.4, -0.2) is 24.1 Å². The third-order valence-electron chi connectivity index (χ3n) is 3.70. The van der Waals surface area contributed by atoms with Crippen molar-refractivity contribution in [1.29, 1.82) is 0 Å². The van der Waals surface area contributed by atoms with E-state index in [-0.39, 0.29) is 0 Å². The molecule has 0 spiro atoms. The van der Waals surface area contributed by atoms with Gasteiger partial charge in [-0.05, 0) is 53.0 Å². The first kappa shape index (κ1) is 13.4. The molecule has 0 amide bonds. The summed E-state index contributed by atoms with van der Waals surface area (Å²) in [6.07, 6.45) is 4.13. The Morgan fingerprint density at radius 2 is 1.80 bits per heavy atom. The molecule has 2 heterocycles. The van der Waals surface area contributed by atoms with Crippen LogP contribution in [0.25, 0.3) is 0 Å². The van der Waals surface area contributed by atoms with Crippen LogP contribution in [0.2, 0.25) is 0 Å². The number of aromatic nitrogens is 1. The third-order valence-corrected chi connectivity index (χ3v) is 4.16. The average molecular weight is 332 g/mol. The summed E-state index contributed by atoms with van der Waals surface area (Å²) in [4.78, 5) is 6.83. The maximum Gasteiger partial charge on any atom is 0.126 e. The van der Waals surface area contributed by atoms with E-state index in [4.69, 9.17) is 0 Å². The number of nitrogens with zero attached hydrogens (tertiary/aromatic N) is 2. The molecular weight excluding hydrogens is 314 g/mol. The van der Waals surface area contributed by atoms with Gasteiger partial charge < -0.3 is 10.2 Å². The number of pyridine rings is 1. The van der Waals surface area contributed by atoms with E-state index in [1.807, 2.05) is 18.3 Å². The number of rotatable bonds is 3. The van der Waals surface area contributed by atoms with Crippen molar-refractivity contribution in [1.82, 2.24) is 4.98 Å². The lowest BCUT2D eigenvalue weighted by atomic mass is 10.0. The van der Waals surface area contributed by atoms with Crippen molar-refractivity contribution in [3.63, 3.8) is 0 Å². The Balaban J connectivity index is 1.55. The fraction of sp³-hybridized carbons (Fsp3) is 0.312. The number of anilines is 2. The lowest BCUT2D eigenvalue weighted by molar-refractivity contribution is 0.525. The number of benzene rings is 1. The van der Waals surface area contributed by atoms with Crippen LogP contribution in [0.1, 0.15) is 12.8 Å². The molecule has 1 aromatic heterocycles. The quantitative estimate of drug-likeness (QED) is 0.923. The van der Waals surface area contributed by atoms with E-state index in [2.05, 4.69) is 61.5 Å². The zero-order chi connectivity index (χ0) is 13.8. The first-order chi connectivity index (χ1) is 9.81. The molecule has 1 aliphatic rings. The Bertz CT molecular complexity index is 533. The fourth-order valence-corrected chi connectivity index (χ4v) is 2.83. The van der Waals surface area contributed by atoms with Crippen molar-refractivity contribution in [3.8, 4) is 0 Å². The van der Waals surface area contributed by atoms with Crippen LogP contribution in [0, 0.1) is 0 Å². The summed E-state index contributed by atoms with van der Waals surface area (Å²) in [7, 11) is 0. The molecule has 1 aliphatic heterocycles. The van der Waals surface area contributed by atoms with Gasteiger partial charge in [0.15, 0.2) is 0 Å². The second-order valence-electron chi connectivity index (χ2n) is 5.10. The number of halogens is 1. The Kier molecular flexibility index (Phi) is 4.21. The summed E-state index contributed by atoms with van der Waals surface area (Å²) >= 11 is 3.41. The van der Waals surface area contributed by atoms with Gasteiger partial charge in [0.25, 0.3) is 0 Å². The predicted molar refractivity (Wildman–Crippen MR) is 87.2 cm³/mol. The molecule has 1 N–H and O–H groups in total. The maximum absolute atomic E-state index is 4.38. The van der Waals surface area contributed by atoms with Gasteiger partial charge in [-0.3, -0.25) is 0 Å². The van der Waals surface area contributed by atoms with Gasteiger partial charge in [-0.25, -0.2) is 4.98 Å². The second kappa shape index (κ2) is 6.27. The highest BCUT2D eigenvalue weighted by Gasteiger charge is 2.19. The molecule has 1 saturated heterocycles. The smallest absolute Gasteiger partial charge is 0.126 e. The lowest BCUT2D eigenvalue weighted by Crippen LogP contribution is -2.39. The van der Waals surface area contributed by atoms with E-state index in [0.717, 1.165) is 36.2 Å². The van der Waals surface area contributed by atoms with Gasteiger partial charge in [-0.1, -0.05) is 18.2 Å². The molecule has 0 unspecified atom stereocenters. The van der Waals surface area contributed by atoms with E-state index < -0.39 is 0 Å². The lowest BCUT2D eigenvalue weighted by Gasteiger charge is -2.34. The minimum Gasteiger partial charge on any atom is -0.371 e. The average Bonchev–Trinajstić information content (AvgIpc) is 2.51. The molecule has 4 heteroatoms. The van der Waals surface area contributed by atoms with E-state index in [9.17, 15) is 0 Å². The number of hydrogen-bond acceptors (Lipinski definition) is 3. The summed E-state index contributed by atoms with van der Waals surface area (Å²) in [5.41, 5.74) is 1.33. The summed E-state index contributed by atoms with van der Waals surface area (Å²) < 4.78 is 1.02. The van der Waals surface area contributed by atoms with Gasteiger partial charge in [-0.15, -0.1) is 0 Å². The number of para-hydroxylation sites is 1. The van der Waals surface area contributed by atoms with Crippen LogP contribution < -0.4 is 10.2 Å². The summed E-state index contributed by atoms with van der Waals surface area (Å²) in [5.74, 6) is 0.964. The van der Waals surface area contributed by atoms with Crippen LogP contribution in [0.3, 0.4) is 0 Å². The van der Waals surface area contributed by atoms with Crippen molar-refractivity contribution in [2.45, 2.75) is 18.9 Å². The summed E-state index contributed by atoms with van der Waals surface area (Å²) in [5, 5.41) is 3.52. The van der Waals surface area contributed by atoms with Gasteiger partial charge in [0.2, 0.25) is 0 Å². The Morgan fingerprint density at radius 1 is 1.05 bits per heavy atom. The normalized spacial score (nSPS) is 16.1. The van der Waals surface area contributed by atoms with Crippen molar-refractivity contribution in [2.75, 3.05) is 23.3 Å². The van der Waals surface area contributed by atoms with Gasteiger partial charge in [-0.2, -0.15) is 0 Å². The van der Waals surface area contributed by atoms with Crippen LogP contribution in [0.5, 0.6) is 0 Å². The highest BCUT2D eigenvalue weighted by molar-refractivity contribution is 9.10. The maximum atomic E-state index is 4.38. The molecule has 0 aliphatic carbocycles. The van der Waals surface area contributed by atoms with E-state index in [1.165, 1.54) is 5.69 Å². The largest absolute Gasteiger partial charge is 0.371 e. The van der Waals surface area contributed by atoms with Crippen LogP contribution in [-0.2, 0) is 0 Å². The molecule has 1 aromatic carbocycles. The van der Waals surface area contributed by atoms with E-state index >= 15 is 0 Å². The topological polar surface area (TPSA) is 28.2 Å². The fourth-order valence-electron chi connectivity index (χ4n) is 2.59. The highest BCUT2D eigenvalue weighted by Crippen LogP contribution is 2.21. The summed E-state index contributed by atoms with van der Waals surface area (Å²) in [6.45, 7) is 2.19. The number of piperidine rings is 1. The Morgan fingerprint density at radius 3 is 2.45 bits per heavy atom.